The lowest BCUT2D eigenvalue weighted by molar-refractivity contribution is 0.0982. The fraction of sp³-hybridized carbons (Fsp3) is 0.208. The molecule has 4 rings (SSSR count). The van der Waals surface area contributed by atoms with Crippen LogP contribution in [0.3, 0.4) is 0 Å². The van der Waals surface area contributed by atoms with E-state index in [4.69, 9.17) is 38.4 Å². The quantitative estimate of drug-likeness (QED) is 0.524. The highest BCUT2D eigenvalue weighted by Crippen LogP contribution is 2.36. The van der Waals surface area contributed by atoms with Gasteiger partial charge >= 0.3 is 0 Å². The number of benzene rings is 2. The molecule has 0 spiro atoms. The minimum Gasteiger partial charge on any atom is -0.484 e. The molecule has 2 N–H and O–H groups in total. The lowest BCUT2D eigenvalue weighted by Gasteiger charge is -2.23. The van der Waals surface area contributed by atoms with Crippen LogP contribution in [0.1, 0.15) is 27.1 Å². The Labute approximate surface area is 205 Å². The van der Waals surface area contributed by atoms with E-state index in [1.807, 2.05) is 0 Å². The van der Waals surface area contributed by atoms with Gasteiger partial charge in [0.25, 0.3) is 5.91 Å². The van der Waals surface area contributed by atoms with E-state index < -0.39 is 17.6 Å². The van der Waals surface area contributed by atoms with Gasteiger partial charge in [0.05, 0.1) is 23.8 Å². The number of aromatic nitrogens is 1. The molecule has 1 aromatic heterocycles. The van der Waals surface area contributed by atoms with Crippen LogP contribution in [-0.2, 0) is 4.74 Å². The van der Waals surface area contributed by atoms with Crippen molar-refractivity contribution in [2.75, 3.05) is 25.2 Å². The summed E-state index contributed by atoms with van der Waals surface area (Å²) in [6.45, 7) is 0.914. The standard InChI is InChI=1S/C24H20Cl2FN3O4/c1-30(24(32)21-18(26)3-2-4-19(21)27)23-20(34-15-7-8-33-12-15)10-14(11-29-23)16-9-13(22(28)31)5-6-17(16)25/h2-6,9-11,15H,7-8,12H2,1H3,(H2,28,31)/t15-/m1/s1. The molecule has 176 valence electrons. The lowest BCUT2D eigenvalue weighted by Crippen LogP contribution is -2.29. The van der Waals surface area contributed by atoms with E-state index in [-0.39, 0.29) is 33.8 Å². The molecule has 0 aliphatic carbocycles. The minimum absolute atomic E-state index is 0.0184. The number of ether oxygens (including phenoxy) is 2. The van der Waals surface area contributed by atoms with Gasteiger partial charge in [-0.1, -0.05) is 29.3 Å². The smallest absolute Gasteiger partial charge is 0.263 e. The third-order valence-electron chi connectivity index (χ3n) is 5.38. The zero-order chi connectivity index (χ0) is 24.4. The van der Waals surface area contributed by atoms with Crippen LogP contribution in [0.4, 0.5) is 10.2 Å². The highest BCUT2D eigenvalue weighted by molar-refractivity contribution is 6.34. The van der Waals surface area contributed by atoms with Crippen LogP contribution in [-0.4, -0.2) is 43.2 Å². The van der Waals surface area contributed by atoms with Gasteiger partial charge in [-0.05, 0) is 36.4 Å². The third-order valence-corrected chi connectivity index (χ3v) is 6.02. The van der Waals surface area contributed by atoms with Crippen LogP contribution >= 0.6 is 23.2 Å². The van der Waals surface area contributed by atoms with Gasteiger partial charge in [-0.2, -0.15) is 0 Å². The average Bonchev–Trinajstić information content (AvgIpc) is 3.31. The van der Waals surface area contributed by atoms with Crippen molar-refractivity contribution in [3.63, 3.8) is 0 Å². The van der Waals surface area contributed by atoms with Crippen LogP contribution in [0.25, 0.3) is 11.1 Å². The third kappa shape index (κ3) is 4.84. The molecule has 1 aliphatic heterocycles. The normalized spacial score (nSPS) is 15.2. The number of primary amides is 1. The fourth-order valence-electron chi connectivity index (χ4n) is 3.57. The molecule has 1 atom stereocenters. The van der Waals surface area contributed by atoms with Gasteiger partial charge in [0.1, 0.15) is 11.9 Å². The first-order chi connectivity index (χ1) is 16.3. The van der Waals surface area contributed by atoms with E-state index in [1.165, 1.54) is 36.3 Å². The van der Waals surface area contributed by atoms with Crippen molar-refractivity contribution in [2.45, 2.75) is 12.5 Å². The number of hydrogen-bond donors (Lipinski definition) is 1. The van der Waals surface area contributed by atoms with Crippen molar-refractivity contribution in [2.24, 2.45) is 5.73 Å². The molecule has 2 aromatic carbocycles. The van der Waals surface area contributed by atoms with Crippen LogP contribution < -0.4 is 15.4 Å². The highest BCUT2D eigenvalue weighted by Gasteiger charge is 2.27. The average molecular weight is 504 g/mol. The van der Waals surface area contributed by atoms with Gasteiger partial charge < -0.3 is 15.2 Å². The number of halogens is 3. The molecular formula is C24H20Cl2FN3O4. The van der Waals surface area contributed by atoms with Gasteiger partial charge in [-0.3, -0.25) is 14.5 Å². The highest BCUT2D eigenvalue weighted by atomic mass is 35.5. The maximum atomic E-state index is 14.4. The van der Waals surface area contributed by atoms with Gasteiger partial charge in [-0.25, -0.2) is 9.37 Å². The lowest BCUT2D eigenvalue weighted by atomic mass is 10.0. The Morgan fingerprint density at radius 1 is 1.21 bits per heavy atom. The predicted molar refractivity (Wildman–Crippen MR) is 127 cm³/mol. The first-order valence-corrected chi connectivity index (χ1v) is 11.1. The predicted octanol–water partition coefficient (Wildman–Crippen LogP) is 4.74. The number of amides is 2. The number of nitrogens with two attached hydrogens (primary N) is 1. The molecule has 0 saturated carbocycles. The second kappa shape index (κ2) is 9.97. The van der Waals surface area contributed by atoms with Crippen molar-refractivity contribution in [1.82, 2.24) is 4.98 Å². The number of rotatable bonds is 6. The molecule has 1 saturated heterocycles. The van der Waals surface area contributed by atoms with E-state index in [2.05, 4.69) is 4.98 Å². The Morgan fingerprint density at radius 3 is 2.68 bits per heavy atom. The molecule has 1 aliphatic rings. The summed E-state index contributed by atoms with van der Waals surface area (Å²) >= 11 is 12.5. The summed E-state index contributed by atoms with van der Waals surface area (Å²) < 4.78 is 25.9. The van der Waals surface area contributed by atoms with Crippen LogP contribution in [0.15, 0.2) is 48.7 Å². The molecule has 0 bridgehead atoms. The molecule has 1 fully saturated rings. The van der Waals surface area contributed by atoms with Gasteiger partial charge in [0.15, 0.2) is 11.6 Å². The number of carbonyl (C=O) groups excluding carboxylic acids is 2. The number of carbonyl (C=O) groups is 2. The Hall–Kier alpha value is -3.20. The second-order valence-electron chi connectivity index (χ2n) is 7.67. The summed E-state index contributed by atoms with van der Waals surface area (Å²) in [5.41, 5.74) is 6.45. The van der Waals surface area contributed by atoms with Crippen molar-refractivity contribution < 1.29 is 23.5 Å². The van der Waals surface area contributed by atoms with Crippen molar-refractivity contribution >= 4 is 40.8 Å². The van der Waals surface area contributed by atoms with Crippen LogP contribution in [0, 0.1) is 5.82 Å². The first kappa shape index (κ1) is 23.9. The van der Waals surface area contributed by atoms with E-state index >= 15 is 0 Å². The maximum absolute atomic E-state index is 14.4. The fourth-order valence-corrected chi connectivity index (χ4v) is 4.04. The molecule has 3 aromatic rings. The van der Waals surface area contributed by atoms with E-state index in [1.54, 1.807) is 18.2 Å². The molecule has 0 radical (unpaired) electrons. The van der Waals surface area contributed by atoms with Crippen LogP contribution in [0.5, 0.6) is 5.75 Å². The minimum atomic E-state index is -0.748. The summed E-state index contributed by atoms with van der Waals surface area (Å²) in [5, 5.41) is 0.354. The van der Waals surface area contributed by atoms with E-state index in [9.17, 15) is 14.0 Å². The van der Waals surface area contributed by atoms with Crippen molar-refractivity contribution in [1.29, 1.82) is 0 Å². The number of nitrogens with zero attached hydrogens (tertiary/aromatic N) is 2. The van der Waals surface area contributed by atoms with Gasteiger partial charge in [0.2, 0.25) is 5.91 Å². The molecular weight excluding hydrogens is 484 g/mol. The Balaban J connectivity index is 1.78. The summed E-state index contributed by atoms with van der Waals surface area (Å²) in [6.07, 6.45) is 1.87. The van der Waals surface area contributed by atoms with Gasteiger partial charge in [-0.15, -0.1) is 0 Å². The Kier molecular flexibility index (Phi) is 7.02. The second-order valence-corrected chi connectivity index (χ2v) is 8.48. The molecule has 34 heavy (non-hydrogen) atoms. The van der Waals surface area contributed by atoms with Gasteiger partial charge in [0, 0.05) is 41.4 Å². The maximum Gasteiger partial charge on any atom is 0.263 e. The zero-order valence-corrected chi connectivity index (χ0v) is 19.6. The molecule has 2 heterocycles. The van der Waals surface area contributed by atoms with Crippen molar-refractivity contribution in [3.8, 4) is 16.9 Å². The summed E-state index contributed by atoms with van der Waals surface area (Å²) in [5.74, 6) is -1.62. The van der Waals surface area contributed by atoms with Crippen LogP contribution in [0.2, 0.25) is 10.0 Å². The first-order valence-electron chi connectivity index (χ1n) is 10.3. The summed E-state index contributed by atoms with van der Waals surface area (Å²) in [7, 11) is 1.45. The Morgan fingerprint density at radius 2 is 2.00 bits per heavy atom. The number of hydrogen-bond acceptors (Lipinski definition) is 5. The number of anilines is 1. The monoisotopic (exact) mass is 503 g/mol. The zero-order valence-electron chi connectivity index (χ0n) is 18.1. The number of pyridine rings is 1. The Bertz CT molecular complexity index is 1240. The molecule has 2 amide bonds. The van der Waals surface area contributed by atoms with E-state index in [0.717, 1.165) is 6.07 Å². The largest absolute Gasteiger partial charge is 0.484 e. The van der Waals surface area contributed by atoms with Crippen molar-refractivity contribution in [3.05, 3.63) is 75.7 Å². The topological polar surface area (TPSA) is 94.8 Å². The molecule has 10 heteroatoms. The van der Waals surface area contributed by atoms with E-state index in [0.29, 0.717) is 35.8 Å². The summed E-state index contributed by atoms with van der Waals surface area (Å²) in [4.78, 5) is 30.3. The SMILES string of the molecule is CN(C(=O)c1c(F)cccc1Cl)c1ncc(-c2cc(C(N)=O)ccc2Cl)cc1O[C@@H]1CCOC1. The summed E-state index contributed by atoms with van der Waals surface area (Å²) in [6, 6.07) is 10.3. The molecule has 0 unspecified atom stereocenters. The molecule has 7 nitrogen and oxygen atoms in total.